The highest BCUT2D eigenvalue weighted by molar-refractivity contribution is 7.89. The number of H-pyrrole nitrogens is 1. The van der Waals surface area contributed by atoms with Crippen LogP contribution in [0.4, 0.5) is 0 Å². The lowest BCUT2D eigenvalue weighted by Gasteiger charge is -2.17. The van der Waals surface area contributed by atoms with E-state index in [1.54, 1.807) is 26.0 Å². The summed E-state index contributed by atoms with van der Waals surface area (Å²) in [5, 5.41) is 9.49. The quantitative estimate of drug-likeness (QED) is 0.760. The summed E-state index contributed by atoms with van der Waals surface area (Å²) in [5.41, 5.74) is 0.435. The van der Waals surface area contributed by atoms with Gasteiger partial charge in [0, 0.05) is 17.8 Å². The third kappa shape index (κ3) is 2.66. The van der Waals surface area contributed by atoms with Gasteiger partial charge < -0.3 is 10.1 Å². The van der Waals surface area contributed by atoms with Gasteiger partial charge in [0.15, 0.2) is 0 Å². The van der Waals surface area contributed by atoms with Crippen molar-refractivity contribution in [2.24, 2.45) is 5.92 Å². The van der Waals surface area contributed by atoms with Gasteiger partial charge >= 0.3 is 5.97 Å². The van der Waals surface area contributed by atoms with E-state index in [1.807, 2.05) is 0 Å². The Kier molecular flexibility index (Phi) is 3.78. The van der Waals surface area contributed by atoms with E-state index in [4.69, 9.17) is 5.11 Å². The molecule has 2 rings (SSSR count). The highest BCUT2D eigenvalue weighted by atomic mass is 32.2. The van der Waals surface area contributed by atoms with E-state index in [9.17, 15) is 13.2 Å². The molecule has 0 unspecified atom stereocenters. The van der Waals surface area contributed by atoms with Gasteiger partial charge in [-0.05, 0) is 18.1 Å². The van der Waals surface area contributed by atoms with Gasteiger partial charge in [0.1, 0.15) is 16.6 Å². The SMILES string of the molecule is CC(C)[C@@H](NS(=O)(=O)c1c[nH]c2ncccc12)C(=O)O. The summed E-state index contributed by atoms with van der Waals surface area (Å²) in [7, 11) is -3.93. The van der Waals surface area contributed by atoms with E-state index in [2.05, 4.69) is 14.7 Å². The third-order valence-electron chi connectivity index (χ3n) is 2.92. The van der Waals surface area contributed by atoms with E-state index >= 15 is 0 Å². The lowest BCUT2D eigenvalue weighted by atomic mass is 10.1. The van der Waals surface area contributed by atoms with Gasteiger partial charge in [-0.25, -0.2) is 13.4 Å². The third-order valence-corrected chi connectivity index (χ3v) is 4.40. The van der Waals surface area contributed by atoms with Crippen molar-refractivity contribution in [3.8, 4) is 0 Å². The minimum atomic E-state index is -3.93. The number of aromatic amines is 1. The van der Waals surface area contributed by atoms with Gasteiger partial charge in [0.2, 0.25) is 10.0 Å². The molecule has 0 aliphatic heterocycles. The molecule has 0 amide bonds. The largest absolute Gasteiger partial charge is 0.480 e. The fourth-order valence-electron chi connectivity index (χ4n) is 1.86. The Bertz CT molecular complexity index is 736. The summed E-state index contributed by atoms with van der Waals surface area (Å²) in [4.78, 5) is 17.8. The summed E-state index contributed by atoms with van der Waals surface area (Å²) in [5.74, 6) is -1.58. The van der Waals surface area contributed by atoms with E-state index in [0.717, 1.165) is 0 Å². The van der Waals surface area contributed by atoms with Crippen LogP contribution in [0.1, 0.15) is 13.8 Å². The molecule has 2 heterocycles. The van der Waals surface area contributed by atoms with E-state index in [1.165, 1.54) is 12.4 Å². The number of aliphatic carboxylic acids is 1. The van der Waals surface area contributed by atoms with Crippen molar-refractivity contribution < 1.29 is 18.3 Å². The van der Waals surface area contributed by atoms with Gasteiger partial charge in [0.05, 0.1) is 0 Å². The number of sulfonamides is 1. The minimum Gasteiger partial charge on any atom is -0.480 e. The van der Waals surface area contributed by atoms with Crippen molar-refractivity contribution in [2.75, 3.05) is 0 Å². The van der Waals surface area contributed by atoms with Crippen molar-refractivity contribution in [3.05, 3.63) is 24.5 Å². The summed E-state index contributed by atoms with van der Waals surface area (Å²) in [6.07, 6.45) is 2.84. The molecule has 1 atom stereocenters. The zero-order valence-corrected chi connectivity index (χ0v) is 11.8. The first-order valence-electron chi connectivity index (χ1n) is 6.00. The number of rotatable bonds is 5. The molecular weight excluding hydrogens is 282 g/mol. The predicted octanol–water partition coefficient (Wildman–Crippen LogP) is 0.950. The van der Waals surface area contributed by atoms with Gasteiger partial charge in [-0.3, -0.25) is 4.79 Å². The first kappa shape index (κ1) is 14.5. The zero-order chi connectivity index (χ0) is 14.9. The lowest BCUT2D eigenvalue weighted by molar-refractivity contribution is -0.140. The van der Waals surface area contributed by atoms with Crippen LogP contribution in [0.25, 0.3) is 11.0 Å². The maximum absolute atomic E-state index is 12.3. The predicted molar refractivity (Wildman–Crippen MR) is 72.7 cm³/mol. The molecule has 3 N–H and O–H groups in total. The van der Waals surface area contributed by atoms with Gasteiger partial charge in [-0.15, -0.1) is 0 Å². The number of aromatic nitrogens is 2. The molecule has 0 aliphatic rings. The van der Waals surface area contributed by atoms with E-state index < -0.39 is 22.0 Å². The number of hydrogen-bond donors (Lipinski definition) is 3. The highest BCUT2D eigenvalue weighted by Crippen LogP contribution is 2.21. The molecule has 2 aromatic rings. The fourth-order valence-corrected chi connectivity index (χ4v) is 3.36. The minimum absolute atomic E-state index is 0.00694. The average molecular weight is 297 g/mol. The van der Waals surface area contributed by atoms with Crippen molar-refractivity contribution in [2.45, 2.75) is 24.8 Å². The Morgan fingerprint density at radius 2 is 2.15 bits per heavy atom. The normalized spacial score (nSPS) is 13.8. The van der Waals surface area contributed by atoms with Crippen LogP contribution in [0.3, 0.4) is 0 Å². The Hall–Kier alpha value is -1.93. The molecule has 20 heavy (non-hydrogen) atoms. The summed E-state index contributed by atoms with van der Waals surface area (Å²) < 4.78 is 26.8. The maximum atomic E-state index is 12.3. The van der Waals surface area contributed by atoms with Crippen LogP contribution in [-0.4, -0.2) is 35.5 Å². The molecule has 2 aromatic heterocycles. The van der Waals surface area contributed by atoms with Crippen LogP contribution < -0.4 is 4.72 Å². The second-order valence-corrected chi connectivity index (χ2v) is 6.42. The summed E-state index contributed by atoms with van der Waals surface area (Å²) in [6.45, 7) is 3.27. The smallest absolute Gasteiger partial charge is 0.322 e. The molecular formula is C12H15N3O4S. The Morgan fingerprint density at radius 3 is 2.75 bits per heavy atom. The zero-order valence-electron chi connectivity index (χ0n) is 11.0. The molecule has 0 saturated carbocycles. The van der Waals surface area contributed by atoms with Crippen LogP contribution in [0.15, 0.2) is 29.4 Å². The van der Waals surface area contributed by atoms with Gasteiger partial charge in [0.25, 0.3) is 0 Å². The fraction of sp³-hybridized carbons (Fsp3) is 0.333. The molecule has 0 fully saturated rings. The molecule has 7 nitrogen and oxygen atoms in total. The number of carboxylic acid groups (broad SMARTS) is 1. The van der Waals surface area contributed by atoms with Gasteiger partial charge in [-0.1, -0.05) is 13.8 Å². The summed E-state index contributed by atoms with van der Waals surface area (Å²) in [6, 6.07) is 2.05. The molecule has 0 spiro atoms. The number of fused-ring (bicyclic) bond motifs is 1. The van der Waals surface area contributed by atoms with E-state index in [0.29, 0.717) is 11.0 Å². The monoisotopic (exact) mass is 297 g/mol. The number of carbonyl (C=O) groups is 1. The number of hydrogen-bond acceptors (Lipinski definition) is 4. The second kappa shape index (κ2) is 5.22. The van der Waals surface area contributed by atoms with Crippen molar-refractivity contribution >= 4 is 27.0 Å². The van der Waals surface area contributed by atoms with Crippen molar-refractivity contribution in [1.82, 2.24) is 14.7 Å². The van der Waals surface area contributed by atoms with Gasteiger partial charge in [-0.2, -0.15) is 4.72 Å². The van der Waals surface area contributed by atoms with Crippen LogP contribution in [0.2, 0.25) is 0 Å². The van der Waals surface area contributed by atoms with Crippen LogP contribution in [0.5, 0.6) is 0 Å². The second-order valence-electron chi connectivity index (χ2n) is 4.73. The lowest BCUT2D eigenvalue weighted by Crippen LogP contribution is -2.44. The van der Waals surface area contributed by atoms with Crippen molar-refractivity contribution in [1.29, 1.82) is 0 Å². The van der Waals surface area contributed by atoms with Crippen molar-refractivity contribution in [3.63, 3.8) is 0 Å². The van der Waals surface area contributed by atoms with Crippen LogP contribution >= 0.6 is 0 Å². The standard InChI is InChI=1S/C12H15N3O4S/c1-7(2)10(12(16)17)15-20(18,19)9-6-14-11-8(9)4-3-5-13-11/h3-7,10,15H,1-2H3,(H,13,14)(H,16,17)/t10-/m1/s1. The first-order valence-corrected chi connectivity index (χ1v) is 7.48. The number of nitrogens with zero attached hydrogens (tertiary/aromatic N) is 1. The molecule has 8 heteroatoms. The first-order chi connectivity index (χ1) is 9.33. The average Bonchev–Trinajstić information content (AvgIpc) is 2.80. The molecule has 0 saturated heterocycles. The molecule has 0 aliphatic carbocycles. The topological polar surface area (TPSA) is 112 Å². The Labute approximate surface area is 116 Å². The molecule has 0 aromatic carbocycles. The molecule has 0 bridgehead atoms. The Morgan fingerprint density at radius 1 is 1.45 bits per heavy atom. The molecule has 108 valence electrons. The molecule has 0 radical (unpaired) electrons. The number of nitrogens with one attached hydrogen (secondary N) is 2. The Balaban J connectivity index is 2.42. The van der Waals surface area contributed by atoms with Crippen LogP contribution in [0, 0.1) is 5.92 Å². The highest BCUT2D eigenvalue weighted by Gasteiger charge is 2.29. The maximum Gasteiger partial charge on any atom is 0.322 e. The number of pyridine rings is 1. The van der Waals surface area contributed by atoms with E-state index in [-0.39, 0.29) is 10.8 Å². The summed E-state index contributed by atoms with van der Waals surface area (Å²) >= 11 is 0. The number of carboxylic acids is 1. The van der Waals surface area contributed by atoms with Crippen LogP contribution in [-0.2, 0) is 14.8 Å².